The smallest absolute Gasteiger partial charge is 0.151 e. The van der Waals surface area contributed by atoms with Gasteiger partial charge in [-0.1, -0.05) is 6.07 Å². The molecule has 3 rings (SSSR count). The minimum Gasteiger partial charge on any atom is -0.341 e. The summed E-state index contributed by atoms with van der Waals surface area (Å²) in [5, 5.41) is 3.14. The number of benzene rings is 1. The van der Waals surface area contributed by atoms with Crippen molar-refractivity contribution in [2.24, 2.45) is 0 Å². The molecule has 1 aliphatic heterocycles. The number of fused-ring (bicyclic) bond motifs is 1. The van der Waals surface area contributed by atoms with Gasteiger partial charge in [0.25, 0.3) is 0 Å². The molecule has 2 aromatic rings. The van der Waals surface area contributed by atoms with Crippen LogP contribution < -0.4 is 5.32 Å². The molecule has 1 unspecified atom stereocenters. The maximum Gasteiger partial charge on any atom is 0.151 e. The summed E-state index contributed by atoms with van der Waals surface area (Å²) in [4.78, 5) is 7.19. The van der Waals surface area contributed by atoms with Gasteiger partial charge in [-0.05, 0) is 18.6 Å². The van der Waals surface area contributed by atoms with Gasteiger partial charge in [-0.3, -0.25) is 0 Å². The summed E-state index contributed by atoms with van der Waals surface area (Å²) in [6, 6.07) is 4.71. The number of aromatic nitrogens is 2. The number of H-pyrrole nitrogens is 1. The summed E-state index contributed by atoms with van der Waals surface area (Å²) < 4.78 is 36.1. The highest BCUT2D eigenvalue weighted by atomic mass is 32.2. The highest BCUT2D eigenvalue weighted by molar-refractivity contribution is 7.91. The van der Waals surface area contributed by atoms with Crippen molar-refractivity contribution >= 4 is 20.9 Å². The maximum absolute atomic E-state index is 13.5. The lowest BCUT2D eigenvalue weighted by molar-refractivity contribution is 0.544. The average molecular weight is 283 g/mol. The van der Waals surface area contributed by atoms with Crippen molar-refractivity contribution in [2.45, 2.75) is 19.0 Å². The Balaban J connectivity index is 1.71. The van der Waals surface area contributed by atoms with E-state index in [1.54, 1.807) is 12.1 Å². The molecule has 1 atom stereocenters. The van der Waals surface area contributed by atoms with E-state index in [1.165, 1.54) is 6.07 Å². The standard InChI is InChI=1S/C12H14FN3O2S/c13-9-2-1-3-10-12(9)16-11(15-10)6-14-8-4-5-19(17,18)7-8/h1-3,8,14H,4-7H2,(H,15,16). The number of hydrogen-bond donors (Lipinski definition) is 2. The number of halogens is 1. The minimum atomic E-state index is -2.88. The van der Waals surface area contributed by atoms with Crippen LogP contribution in [0.15, 0.2) is 18.2 Å². The molecule has 1 aromatic carbocycles. The van der Waals surface area contributed by atoms with E-state index in [0.717, 1.165) is 0 Å². The first kappa shape index (κ1) is 12.6. The van der Waals surface area contributed by atoms with E-state index in [0.29, 0.717) is 29.8 Å². The third-order valence-electron chi connectivity index (χ3n) is 3.30. The summed E-state index contributed by atoms with van der Waals surface area (Å²) in [6.45, 7) is 0.411. The zero-order valence-corrected chi connectivity index (χ0v) is 11.0. The minimum absolute atomic E-state index is 0.0388. The zero-order chi connectivity index (χ0) is 13.5. The number of hydrogen-bond acceptors (Lipinski definition) is 4. The molecule has 1 aliphatic rings. The number of rotatable bonds is 3. The van der Waals surface area contributed by atoms with E-state index < -0.39 is 9.84 Å². The monoisotopic (exact) mass is 283 g/mol. The topological polar surface area (TPSA) is 74.8 Å². The van der Waals surface area contributed by atoms with Crippen molar-refractivity contribution in [2.75, 3.05) is 11.5 Å². The second kappa shape index (κ2) is 4.57. The van der Waals surface area contributed by atoms with E-state index in [-0.39, 0.29) is 23.4 Å². The summed E-state index contributed by atoms with van der Waals surface area (Å²) in [5.74, 6) is 0.661. The van der Waals surface area contributed by atoms with Crippen LogP contribution in [0.2, 0.25) is 0 Å². The number of sulfone groups is 1. The summed E-state index contributed by atoms with van der Waals surface area (Å²) >= 11 is 0. The Hall–Kier alpha value is -1.47. The van der Waals surface area contributed by atoms with Gasteiger partial charge in [-0.25, -0.2) is 17.8 Å². The van der Waals surface area contributed by atoms with Crippen LogP contribution in [-0.2, 0) is 16.4 Å². The molecule has 0 bridgehead atoms. The Morgan fingerprint density at radius 1 is 1.47 bits per heavy atom. The molecule has 2 N–H and O–H groups in total. The van der Waals surface area contributed by atoms with Crippen LogP contribution in [-0.4, -0.2) is 35.9 Å². The molecular formula is C12H14FN3O2S. The van der Waals surface area contributed by atoms with Crippen LogP contribution in [0, 0.1) is 5.82 Å². The number of imidazole rings is 1. The third kappa shape index (κ3) is 2.62. The first-order valence-corrected chi connectivity index (χ1v) is 7.92. The van der Waals surface area contributed by atoms with E-state index in [9.17, 15) is 12.8 Å². The fourth-order valence-corrected chi connectivity index (χ4v) is 4.04. The SMILES string of the molecule is O=S1(=O)CCC(NCc2nc3c(F)cccc3[nH]2)C1. The quantitative estimate of drug-likeness (QED) is 0.880. The normalized spacial score (nSPS) is 22.1. The summed E-state index contributed by atoms with van der Waals surface area (Å²) in [7, 11) is -2.88. The Kier molecular flexibility index (Phi) is 3.02. The lowest BCUT2D eigenvalue weighted by atomic mass is 10.2. The molecule has 0 radical (unpaired) electrons. The molecule has 7 heteroatoms. The fraction of sp³-hybridized carbons (Fsp3) is 0.417. The molecule has 1 fully saturated rings. The molecule has 102 valence electrons. The molecule has 5 nitrogen and oxygen atoms in total. The highest BCUT2D eigenvalue weighted by Crippen LogP contribution is 2.16. The lowest BCUT2D eigenvalue weighted by Crippen LogP contribution is -2.29. The van der Waals surface area contributed by atoms with E-state index in [2.05, 4.69) is 15.3 Å². The third-order valence-corrected chi connectivity index (χ3v) is 5.07. The fourth-order valence-electron chi connectivity index (χ4n) is 2.33. The predicted octanol–water partition coefficient (Wildman–Crippen LogP) is 0.979. The van der Waals surface area contributed by atoms with Gasteiger partial charge in [0.1, 0.15) is 11.3 Å². The molecule has 19 heavy (non-hydrogen) atoms. The number of para-hydroxylation sites is 1. The summed E-state index contributed by atoms with van der Waals surface area (Å²) in [5.41, 5.74) is 0.967. The van der Waals surface area contributed by atoms with Crippen molar-refractivity contribution in [3.05, 3.63) is 29.8 Å². The lowest BCUT2D eigenvalue weighted by Gasteiger charge is -2.08. The largest absolute Gasteiger partial charge is 0.341 e. The van der Waals surface area contributed by atoms with Crippen LogP contribution in [0.3, 0.4) is 0 Å². The van der Waals surface area contributed by atoms with Crippen molar-refractivity contribution < 1.29 is 12.8 Å². The van der Waals surface area contributed by atoms with E-state index in [1.807, 2.05) is 0 Å². The Bertz CT molecular complexity index is 711. The van der Waals surface area contributed by atoms with Crippen molar-refractivity contribution in [1.82, 2.24) is 15.3 Å². The van der Waals surface area contributed by atoms with Crippen molar-refractivity contribution in [3.8, 4) is 0 Å². The van der Waals surface area contributed by atoms with Gasteiger partial charge in [0.15, 0.2) is 15.7 Å². The average Bonchev–Trinajstić information content (AvgIpc) is 2.91. The van der Waals surface area contributed by atoms with Crippen LogP contribution in [0.25, 0.3) is 11.0 Å². The molecule has 0 aliphatic carbocycles. The molecule has 1 aromatic heterocycles. The van der Waals surface area contributed by atoms with Crippen LogP contribution in [0.4, 0.5) is 4.39 Å². The molecule has 2 heterocycles. The number of nitrogens with zero attached hydrogens (tertiary/aromatic N) is 1. The second-order valence-electron chi connectivity index (χ2n) is 4.80. The summed E-state index contributed by atoms with van der Waals surface area (Å²) in [6.07, 6.45) is 0.622. The van der Waals surface area contributed by atoms with Crippen molar-refractivity contribution in [3.63, 3.8) is 0 Å². The molecule has 0 amide bonds. The predicted molar refractivity (Wildman–Crippen MR) is 70.0 cm³/mol. The maximum atomic E-state index is 13.5. The van der Waals surface area contributed by atoms with Gasteiger partial charge in [0, 0.05) is 6.04 Å². The zero-order valence-electron chi connectivity index (χ0n) is 10.2. The molecular weight excluding hydrogens is 269 g/mol. The van der Waals surface area contributed by atoms with E-state index in [4.69, 9.17) is 0 Å². The second-order valence-corrected chi connectivity index (χ2v) is 7.03. The molecule has 0 spiro atoms. The van der Waals surface area contributed by atoms with Crippen LogP contribution in [0.1, 0.15) is 12.2 Å². The molecule has 1 saturated heterocycles. The first-order chi connectivity index (χ1) is 9.03. The van der Waals surface area contributed by atoms with E-state index >= 15 is 0 Å². The Labute approximate surface area is 110 Å². The van der Waals surface area contributed by atoms with Crippen molar-refractivity contribution in [1.29, 1.82) is 0 Å². The first-order valence-electron chi connectivity index (χ1n) is 6.10. The van der Waals surface area contributed by atoms with Gasteiger partial charge in [-0.2, -0.15) is 0 Å². The van der Waals surface area contributed by atoms with Gasteiger partial charge < -0.3 is 10.3 Å². The number of aromatic amines is 1. The van der Waals surface area contributed by atoms with Gasteiger partial charge in [0.2, 0.25) is 0 Å². The Morgan fingerprint density at radius 2 is 2.32 bits per heavy atom. The van der Waals surface area contributed by atoms with Crippen LogP contribution in [0.5, 0.6) is 0 Å². The van der Waals surface area contributed by atoms with Crippen LogP contribution >= 0.6 is 0 Å². The highest BCUT2D eigenvalue weighted by Gasteiger charge is 2.27. The Morgan fingerprint density at radius 3 is 3.00 bits per heavy atom. The van der Waals surface area contributed by atoms with Gasteiger partial charge >= 0.3 is 0 Å². The number of nitrogens with one attached hydrogen (secondary N) is 2. The molecule has 0 saturated carbocycles. The van der Waals surface area contributed by atoms with Gasteiger partial charge in [-0.15, -0.1) is 0 Å². The van der Waals surface area contributed by atoms with Gasteiger partial charge in [0.05, 0.1) is 23.6 Å².